The Hall–Kier alpha value is -1.18. The molecular formula is C15H22INO4. The molecule has 0 saturated heterocycles. The number of halogens is 1. The first kappa shape index (κ1) is 17.9. The van der Waals surface area contributed by atoms with Crippen LogP contribution in [0.3, 0.4) is 0 Å². The summed E-state index contributed by atoms with van der Waals surface area (Å²) in [5, 5.41) is 2.84. The van der Waals surface area contributed by atoms with Crippen LogP contribution in [-0.4, -0.2) is 36.7 Å². The lowest BCUT2D eigenvalue weighted by atomic mass is 10.1. The Labute approximate surface area is 139 Å². The number of carbonyl (C=O) groups is 1. The van der Waals surface area contributed by atoms with E-state index in [4.69, 9.17) is 14.2 Å². The Balaban J connectivity index is 3.18. The van der Waals surface area contributed by atoms with E-state index in [-0.39, 0.29) is 5.91 Å². The molecule has 1 aromatic carbocycles. The summed E-state index contributed by atoms with van der Waals surface area (Å²) < 4.78 is 17.6. The normalized spacial score (nSPS) is 10.1. The first-order chi connectivity index (χ1) is 10.2. The molecule has 0 spiro atoms. The quantitative estimate of drug-likeness (QED) is 0.505. The van der Waals surface area contributed by atoms with Crippen LogP contribution in [0.2, 0.25) is 0 Å². The van der Waals surface area contributed by atoms with Gasteiger partial charge in [-0.05, 0) is 32.9 Å². The number of rotatable bonds is 9. The monoisotopic (exact) mass is 407 g/mol. The predicted octanol–water partition coefficient (Wildman–Crippen LogP) is 3.05. The summed E-state index contributed by atoms with van der Waals surface area (Å²) in [5.74, 6) is 1.47. The van der Waals surface area contributed by atoms with E-state index in [9.17, 15) is 4.79 Å². The van der Waals surface area contributed by atoms with Crippen LogP contribution < -0.4 is 19.5 Å². The van der Waals surface area contributed by atoms with Crippen LogP contribution in [0.25, 0.3) is 0 Å². The summed E-state index contributed by atoms with van der Waals surface area (Å²) in [5.41, 5.74) is 0.509. The minimum atomic E-state index is -0.142. The van der Waals surface area contributed by atoms with Gasteiger partial charge in [0.25, 0.3) is 5.91 Å². The van der Waals surface area contributed by atoms with Gasteiger partial charge in [0.1, 0.15) is 0 Å². The maximum absolute atomic E-state index is 12.1. The van der Waals surface area contributed by atoms with E-state index in [1.165, 1.54) is 0 Å². The largest absolute Gasteiger partial charge is 0.490 e. The molecule has 118 valence electrons. The van der Waals surface area contributed by atoms with Crippen molar-refractivity contribution in [1.82, 2.24) is 5.32 Å². The minimum Gasteiger partial charge on any atom is -0.490 e. The summed E-state index contributed by atoms with van der Waals surface area (Å²) in [7, 11) is 0. The molecule has 1 aromatic rings. The van der Waals surface area contributed by atoms with E-state index in [0.717, 1.165) is 4.43 Å². The second-order valence-corrected chi connectivity index (χ2v) is 5.12. The predicted molar refractivity (Wildman–Crippen MR) is 91.2 cm³/mol. The van der Waals surface area contributed by atoms with E-state index >= 15 is 0 Å². The molecule has 0 atom stereocenters. The summed E-state index contributed by atoms with van der Waals surface area (Å²) in [6.45, 7) is 7.78. The van der Waals surface area contributed by atoms with Gasteiger partial charge < -0.3 is 19.5 Å². The third-order valence-electron chi connectivity index (χ3n) is 2.55. The van der Waals surface area contributed by atoms with Crippen molar-refractivity contribution in [2.45, 2.75) is 20.8 Å². The summed E-state index contributed by atoms with van der Waals surface area (Å²) >= 11 is 2.21. The van der Waals surface area contributed by atoms with Gasteiger partial charge in [-0.2, -0.15) is 0 Å². The van der Waals surface area contributed by atoms with Gasteiger partial charge in [0.05, 0.1) is 19.8 Å². The number of amides is 1. The molecule has 0 fully saturated rings. The molecular weight excluding hydrogens is 385 g/mol. The summed E-state index contributed by atoms with van der Waals surface area (Å²) in [4.78, 5) is 12.1. The highest BCUT2D eigenvalue weighted by molar-refractivity contribution is 14.1. The van der Waals surface area contributed by atoms with E-state index in [0.29, 0.717) is 49.2 Å². The zero-order valence-electron chi connectivity index (χ0n) is 12.7. The maximum Gasteiger partial charge on any atom is 0.251 e. The van der Waals surface area contributed by atoms with E-state index < -0.39 is 0 Å². The van der Waals surface area contributed by atoms with Gasteiger partial charge in [-0.25, -0.2) is 0 Å². The number of carbonyl (C=O) groups excluding carboxylic acids is 1. The van der Waals surface area contributed by atoms with Crippen LogP contribution in [0, 0.1) is 0 Å². The molecule has 0 bridgehead atoms. The van der Waals surface area contributed by atoms with Crippen LogP contribution in [0.5, 0.6) is 17.2 Å². The number of benzene rings is 1. The number of hydrogen-bond acceptors (Lipinski definition) is 4. The third kappa shape index (κ3) is 5.26. The molecule has 5 nitrogen and oxygen atoms in total. The van der Waals surface area contributed by atoms with Crippen LogP contribution in [0.15, 0.2) is 12.1 Å². The molecule has 0 aliphatic rings. The molecule has 1 N–H and O–H groups in total. The lowest BCUT2D eigenvalue weighted by molar-refractivity contribution is 0.0955. The maximum atomic E-state index is 12.1. The van der Waals surface area contributed by atoms with Crippen molar-refractivity contribution < 1.29 is 19.0 Å². The SMILES string of the molecule is CCOc1cc(C(=O)NCCI)cc(OCC)c1OCC. The fourth-order valence-electron chi connectivity index (χ4n) is 1.78. The molecule has 0 unspecified atom stereocenters. The third-order valence-corrected chi connectivity index (χ3v) is 3.09. The minimum absolute atomic E-state index is 0.142. The molecule has 21 heavy (non-hydrogen) atoms. The van der Waals surface area contributed by atoms with E-state index in [1.807, 2.05) is 20.8 Å². The fraction of sp³-hybridized carbons (Fsp3) is 0.533. The zero-order chi connectivity index (χ0) is 15.7. The van der Waals surface area contributed by atoms with Crippen LogP contribution >= 0.6 is 22.6 Å². The Morgan fingerprint density at radius 3 is 2.00 bits per heavy atom. The smallest absolute Gasteiger partial charge is 0.251 e. The summed E-state index contributed by atoms with van der Waals surface area (Å²) in [6, 6.07) is 3.39. The van der Waals surface area contributed by atoms with Crippen molar-refractivity contribution >= 4 is 28.5 Å². The van der Waals surface area contributed by atoms with Crippen LogP contribution in [0.4, 0.5) is 0 Å². The van der Waals surface area contributed by atoms with Crippen molar-refractivity contribution in [3.05, 3.63) is 17.7 Å². The lowest BCUT2D eigenvalue weighted by Gasteiger charge is -2.17. The fourth-order valence-corrected chi connectivity index (χ4v) is 2.05. The van der Waals surface area contributed by atoms with Crippen molar-refractivity contribution in [2.75, 3.05) is 30.8 Å². The second-order valence-electron chi connectivity index (χ2n) is 4.05. The lowest BCUT2D eigenvalue weighted by Crippen LogP contribution is -2.25. The highest BCUT2D eigenvalue weighted by Crippen LogP contribution is 2.39. The molecule has 0 heterocycles. The Morgan fingerprint density at radius 1 is 1.05 bits per heavy atom. The van der Waals surface area contributed by atoms with Gasteiger partial charge in [-0.1, -0.05) is 22.6 Å². The molecule has 1 rings (SSSR count). The molecule has 0 radical (unpaired) electrons. The average Bonchev–Trinajstić information content (AvgIpc) is 2.48. The van der Waals surface area contributed by atoms with Gasteiger partial charge >= 0.3 is 0 Å². The molecule has 6 heteroatoms. The number of ether oxygens (including phenoxy) is 3. The van der Waals surface area contributed by atoms with Gasteiger partial charge in [0, 0.05) is 16.5 Å². The van der Waals surface area contributed by atoms with Crippen molar-refractivity contribution in [2.24, 2.45) is 0 Å². The molecule has 0 aliphatic carbocycles. The number of hydrogen-bond donors (Lipinski definition) is 1. The molecule has 0 aromatic heterocycles. The van der Waals surface area contributed by atoms with Crippen LogP contribution in [-0.2, 0) is 0 Å². The molecule has 0 saturated carbocycles. The Morgan fingerprint density at radius 2 is 1.57 bits per heavy atom. The highest BCUT2D eigenvalue weighted by atomic mass is 127. The summed E-state index contributed by atoms with van der Waals surface area (Å²) in [6.07, 6.45) is 0. The number of alkyl halides is 1. The van der Waals surface area contributed by atoms with Crippen molar-refractivity contribution in [3.8, 4) is 17.2 Å². The van der Waals surface area contributed by atoms with Gasteiger partial charge in [0.15, 0.2) is 11.5 Å². The average molecular weight is 407 g/mol. The molecule has 1 amide bonds. The van der Waals surface area contributed by atoms with Gasteiger partial charge in [0.2, 0.25) is 5.75 Å². The van der Waals surface area contributed by atoms with Crippen LogP contribution in [0.1, 0.15) is 31.1 Å². The van der Waals surface area contributed by atoms with E-state index in [1.54, 1.807) is 12.1 Å². The zero-order valence-corrected chi connectivity index (χ0v) is 14.9. The molecule has 0 aliphatic heterocycles. The first-order valence-electron chi connectivity index (χ1n) is 7.08. The van der Waals surface area contributed by atoms with Crippen molar-refractivity contribution in [3.63, 3.8) is 0 Å². The van der Waals surface area contributed by atoms with Gasteiger partial charge in [-0.15, -0.1) is 0 Å². The van der Waals surface area contributed by atoms with Gasteiger partial charge in [-0.3, -0.25) is 4.79 Å². The standard InChI is InChI=1S/C15H22INO4/c1-4-19-12-9-11(15(18)17-8-7-16)10-13(20-5-2)14(12)21-6-3/h9-10H,4-8H2,1-3H3,(H,17,18). The topological polar surface area (TPSA) is 56.8 Å². The van der Waals surface area contributed by atoms with Crippen molar-refractivity contribution in [1.29, 1.82) is 0 Å². The first-order valence-corrected chi connectivity index (χ1v) is 8.60. The second kappa shape index (κ2) is 9.70. The number of nitrogens with one attached hydrogen (secondary N) is 1. The Kier molecular flexibility index (Phi) is 8.26. The Bertz CT molecular complexity index is 438. The van der Waals surface area contributed by atoms with E-state index in [2.05, 4.69) is 27.9 Å². The highest BCUT2D eigenvalue weighted by Gasteiger charge is 2.18.